The molecule has 2 aromatic heterocycles. The normalized spacial score (nSPS) is 11.5. The lowest BCUT2D eigenvalue weighted by atomic mass is 10.2. The van der Waals surface area contributed by atoms with Crippen molar-refractivity contribution < 1.29 is 0 Å². The minimum atomic E-state index is -0.0505. The Balaban J connectivity index is 2.68. The third-order valence-electron chi connectivity index (χ3n) is 3.14. The number of aromatic amines is 1. The van der Waals surface area contributed by atoms with Crippen molar-refractivity contribution >= 4 is 37.7 Å². The van der Waals surface area contributed by atoms with Gasteiger partial charge in [-0.1, -0.05) is 22.0 Å². The van der Waals surface area contributed by atoms with E-state index in [9.17, 15) is 4.79 Å². The molecular weight excluding hydrogens is 280 g/mol. The van der Waals surface area contributed by atoms with E-state index in [2.05, 4.69) is 31.5 Å². The predicted octanol–water partition coefficient (Wildman–Crippen LogP) is 3.09. The zero-order valence-electron chi connectivity index (χ0n) is 9.54. The fraction of sp³-hybridized carbons (Fsp3) is 0.154. The van der Waals surface area contributed by atoms with Gasteiger partial charge in [-0.2, -0.15) is 0 Å². The molecule has 0 aliphatic carbocycles. The van der Waals surface area contributed by atoms with Crippen LogP contribution in [0.1, 0.15) is 5.69 Å². The van der Waals surface area contributed by atoms with Gasteiger partial charge in [-0.15, -0.1) is 0 Å². The largest absolute Gasteiger partial charge is 0.342 e. The van der Waals surface area contributed by atoms with Gasteiger partial charge in [0.1, 0.15) is 0 Å². The van der Waals surface area contributed by atoms with E-state index in [1.54, 1.807) is 6.07 Å². The van der Waals surface area contributed by atoms with Crippen LogP contribution < -0.4 is 5.56 Å². The number of nitrogens with zero attached hydrogens (tertiary/aromatic N) is 1. The summed E-state index contributed by atoms with van der Waals surface area (Å²) in [5.74, 6) is 0. The van der Waals surface area contributed by atoms with Gasteiger partial charge in [0.25, 0.3) is 0 Å². The summed E-state index contributed by atoms with van der Waals surface area (Å²) in [6.45, 7) is 1.93. The van der Waals surface area contributed by atoms with E-state index in [1.165, 1.54) is 0 Å². The van der Waals surface area contributed by atoms with E-state index in [0.29, 0.717) is 0 Å². The first-order valence-electron chi connectivity index (χ1n) is 5.35. The maximum absolute atomic E-state index is 11.6. The highest BCUT2D eigenvalue weighted by molar-refractivity contribution is 9.10. The molecule has 3 rings (SSSR count). The van der Waals surface area contributed by atoms with Crippen LogP contribution in [0.2, 0.25) is 0 Å². The number of rotatable bonds is 0. The molecule has 3 aromatic rings. The van der Waals surface area contributed by atoms with Crippen LogP contribution in [0.4, 0.5) is 0 Å². The Bertz CT molecular complexity index is 798. The van der Waals surface area contributed by atoms with Gasteiger partial charge in [0, 0.05) is 34.1 Å². The van der Waals surface area contributed by atoms with Crippen LogP contribution in [-0.4, -0.2) is 9.55 Å². The summed E-state index contributed by atoms with van der Waals surface area (Å²) in [7, 11) is 2.02. The van der Waals surface area contributed by atoms with Gasteiger partial charge >= 0.3 is 0 Å². The number of aromatic nitrogens is 2. The van der Waals surface area contributed by atoms with Crippen LogP contribution in [0.3, 0.4) is 0 Å². The van der Waals surface area contributed by atoms with Crippen molar-refractivity contribution in [3.05, 3.63) is 44.8 Å². The second-order valence-electron chi connectivity index (χ2n) is 4.24. The number of halogens is 1. The quantitative estimate of drug-likeness (QED) is 0.679. The highest BCUT2D eigenvalue weighted by Crippen LogP contribution is 2.30. The maximum Gasteiger partial charge on any atom is 0.248 e. The van der Waals surface area contributed by atoms with Crippen LogP contribution >= 0.6 is 15.9 Å². The van der Waals surface area contributed by atoms with Crippen LogP contribution in [0.25, 0.3) is 21.8 Å². The number of hydrogen-bond donors (Lipinski definition) is 1. The van der Waals surface area contributed by atoms with Crippen LogP contribution in [-0.2, 0) is 7.05 Å². The van der Waals surface area contributed by atoms with Crippen molar-refractivity contribution in [1.29, 1.82) is 0 Å². The van der Waals surface area contributed by atoms with E-state index in [-0.39, 0.29) is 5.56 Å². The van der Waals surface area contributed by atoms with Gasteiger partial charge in [0.15, 0.2) is 0 Å². The predicted molar refractivity (Wildman–Crippen MR) is 73.5 cm³/mol. The van der Waals surface area contributed by atoms with Gasteiger partial charge < -0.3 is 9.55 Å². The summed E-state index contributed by atoms with van der Waals surface area (Å²) < 4.78 is 3.15. The van der Waals surface area contributed by atoms with Crippen molar-refractivity contribution in [2.24, 2.45) is 7.05 Å². The zero-order valence-corrected chi connectivity index (χ0v) is 11.1. The molecule has 1 aromatic carbocycles. The van der Waals surface area contributed by atoms with Crippen molar-refractivity contribution in [2.45, 2.75) is 6.92 Å². The topological polar surface area (TPSA) is 37.8 Å². The van der Waals surface area contributed by atoms with E-state index in [0.717, 1.165) is 32.0 Å². The molecule has 2 heterocycles. The molecule has 0 bridgehead atoms. The Morgan fingerprint density at radius 3 is 2.76 bits per heavy atom. The van der Waals surface area contributed by atoms with Gasteiger partial charge in [-0.05, 0) is 19.1 Å². The SMILES string of the molecule is Cc1[nH]c(=O)cc2c3ccc(Br)cc3n(C)c12. The molecule has 4 heteroatoms. The standard InChI is InChI=1S/C13H11BrN2O/c1-7-13-10(6-12(17)15-7)9-4-3-8(14)5-11(9)16(13)2/h3-6H,1-2H3,(H,15,17). The van der Waals surface area contributed by atoms with Gasteiger partial charge in [-0.25, -0.2) is 0 Å². The molecule has 0 unspecified atom stereocenters. The smallest absolute Gasteiger partial charge is 0.248 e. The molecule has 86 valence electrons. The summed E-state index contributed by atoms with van der Waals surface area (Å²) in [4.78, 5) is 14.4. The monoisotopic (exact) mass is 290 g/mol. The van der Waals surface area contributed by atoms with Gasteiger partial charge in [-0.3, -0.25) is 4.79 Å². The second kappa shape index (κ2) is 3.47. The lowest BCUT2D eigenvalue weighted by Gasteiger charge is -2.00. The number of hydrogen-bond acceptors (Lipinski definition) is 1. The molecular formula is C13H11BrN2O. The van der Waals surface area contributed by atoms with Crippen molar-refractivity contribution in [3.63, 3.8) is 0 Å². The Labute approximate surface area is 106 Å². The molecule has 0 radical (unpaired) electrons. The number of aryl methyl sites for hydroxylation is 2. The number of pyridine rings is 1. The van der Waals surface area contributed by atoms with Crippen LogP contribution in [0.15, 0.2) is 33.5 Å². The molecule has 0 saturated heterocycles. The third-order valence-corrected chi connectivity index (χ3v) is 3.64. The molecule has 0 fully saturated rings. The Kier molecular flexibility index (Phi) is 2.16. The molecule has 0 atom stereocenters. The number of nitrogens with one attached hydrogen (secondary N) is 1. The van der Waals surface area contributed by atoms with E-state index < -0.39 is 0 Å². The summed E-state index contributed by atoms with van der Waals surface area (Å²) >= 11 is 3.47. The van der Waals surface area contributed by atoms with Crippen molar-refractivity contribution in [2.75, 3.05) is 0 Å². The molecule has 0 aliphatic heterocycles. The summed E-state index contributed by atoms with van der Waals surface area (Å²) in [6, 6.07) is 7.77. The molecule has 17 heavy (non-hydrogen) atoms. The lowest BCUT2D eigenvalue weighted by Crippen LogP contribution is -2.06. The van der Waals surface area contributed by atoms with Gasteiger partial charge in [0.05, 0.1) is 11.0 Å². The minimum Gasteiger partial charge on any atom is -0.342 e. The van der Waals surface area contributed by atoms with E-state index in [1.807, 2.05) is 26.1 Å². The number of benzene rings is 1. The zero-order chi connectivity index (χ0) is 12.2. The van der Waals surface area contributed by atoms with Crippen molar-refractivity contribution in [1.82, 2.24) is 9.55 Å². The Morgan fingerprint density at radius 1 is 1.24 bits per heavy atom. The molecule has 0 saturated carbocycles. The number of H-pyrrole nitrogens is 1. The molecule has 0 aliphatic rings. The highest BCUT2D eigenvalue weighted by Gasteiger charge is 2.11. The Morgan fingerprint density at radius 2 is 2.00 bits per heavy atom. The molecule has 0 spiro atoms. The maximum atomic E-state index is 11.6. The fourth-order valence-electron chi connectivity index (χ4n) is 2.45. The first-order valence-corrected chi connectivity index (χ1v) is 6.15. The molecule has 0 amide bonds. The second-order valence-corrected chi connectivity index (χ2v) is 5.16. The average molecular weight is 291 g/mol. The van der Waals surface area contributed by atoms with Crippen molar-refractivity contribution in [3.8, 4) is 0 Å². The van der Waals surface area contributed by atoms with E-state index in [4.69, 9.17) is 0 Å². The molecule has 1 N–H and O–H groups in total. The average Bonchev–Trinajstić information content (AvgIpc) is 2.52. The first kappa shape index (κ1) is 10.6. The number of fused-ring (bicyclic) bond motifs is 3. The molecule has 3 nitrogen and oxygen atoms in total. The summed E-state index contributed by atoms with van der Waals surface area (Å²) in [5, 5.41) is 2.12. The third kappa shape index (κ3) is 1.44. The van der Waals surface area contributed by atoms with Gasteiger partial charge in [0.2, 0.25) is 5.56 Å². The fourth-order valence-corrected chi connectivity index (χ4v) is 2.80. The van der Waals surface area contributed by atoms with Crippen LogP contribution in [0, 0.1) is 6.92 Å². The van der Waals surface area contributed by atoms with Crippen LogP contribution in [0.5, 0.6) is 0 Å². The first-order chi connectivity index (χ1) is 8.08. The highest BCUT2D eigenvalue weighted by atomic mass is 79.9. The minimum absolute atomic E-state index is 0.0505. The lowest BCUT2D eigenvalue weighted by molar-refractivity contribution is 0.992. The van der Waals surface area contributed by atoms with E-state index >= 15 is 0 Å². The summed E-state index contributed by atoms with van der Waals surface area (Å²) in [5.41, 5.74) is 3.06. The Hall–Kier alpha value is -1.55. The summed E-state index contributed by atoms with van der Waals surface area (Å²) in [6.07, 6.45) is 0.